The maximum atomic E-state index is 11.3. The second-order valence-corrected chi connectivity index (χ2v) is 4.47. The Morgan fingerprint density at radius 3 is 2.92 bits per heavy atom. The zero-order valence-corrected chi connectivity index (χ0v) is 8.40. The molecular formula is C6H10ClN3O2S. The molecule has 7 heteroatoms. The molecule has 0 atom stereocenters. The van der Waals surface area contributed by atoms with Gasteiger partial charge in [-0.1, -0.05) is 0 Å². The van der Waals surface area contributed by atoms with E-state index in [-0.39, 0.29) is 5.03 Å². The third kappa shape index (κ3) is 2.98. The van der Waals surface area contributed by atoms with Crippen LogP contribution in [0.15, 0.2) is 17.6 Å². The van der Waals surface area contributed by atoms with Crippen molar-refractivity contribution in [2.24, 2.45) is 0 Å². The van der Waals surface area contributed by atoms with Crippen LogP contribution in [-0.4, -0.2) is 30.8 Å². The maximum absolute atomic E-state index is 11.3. The van der Waals surface area contributed by atoms with Gasteiger partial charge in [-0.15, -0.1) is 11.6 Å². The molecule has 0 radical (unpaired) electrons. The van der Waals surface area contributed by atoms with Crippen molar-refractivity contribution in [2.75, 3.05) is 12.4 Å². The monoisotopic (exact) mass is 223 g/mol. The summed E-state index contributed by atoms with van der Waals surface area (Å²) in [5, 5.41) is 0.0714. The number of sulfonamides is 1. The van der Waals surface area contributed by atoms with Crippen LogP contribution in [0.2, 0.25) is 0 Å². The Kier molecular flexibility index (Phi) is 3.71. The SMILES string of the molecule is O=S(=O)(NCCCCl)c1cnc[nH]1. The first kappa shape index (κ1) is 10.5. The first-order valence-corrected chi connectivity index (χ1v) is 5.72. The number of halogens is 1. The highest BCUT2D eigenvalue weighted by Crippen LogP contribution is 2.01. The van der Waals surface area contributed by atoms with Crippen molar-refractivity contribution in [3.63, 3.8) is 0 Å². The second kappa shape index (κ2) is 4.59. The molecule has 0 fully saturated rings. The molecule has 2 N–H and O–H groups in total. The molecule has 74 valence electrons. The predicted molar refractivity (Wildman–Crippen MR) is 49.1 cm³/mol. The minimum absolute atomic E-state index is 0.0714. The number of aromatic amines is 1. The van der Waals surface area contributed by atoms with E-state index in [4.69, 9.17) is 11.6 Å². The topological polar surface area (TPSA) is 74.8 Å². The van der Waals surface area contributed by atoms with Crippen molar-refractivity contribution in [2.45, 2.75) is 11.4 Å². The van der Waals surface area contributed by atoms with Crippen LogP contribution in [0.4, 0.5) is 0 Å². The zero-order valence-electron chi connectivity index (χ0n) is 6.83. The van der Waals surface area contributed by atoms with Crippen molar-refractivity contribution in [1.29, 1.82) is 0 Å². The molecule has 0 aliphatic heterocycles. The Balaban J connectivity index is 2.58. The Labute approximate surface area is 81.6 Å². The first-order valence-electron chi connectivity index (χ1n) is 3.71. The van der Waals surface area contributed by atoms with Gasteiger partial charge in [-0.3, -0.25) is 0 Å². The molecule has 0 unspecified atom stereocenters. The van der Waals surface area contributed by atoms with Crippen LogP contribution in [0, 0.1) is 0 Å². The van der Waals surface area contributed by atoms with Gasteiger partial charge in [0, 0.05) is 12.4 Å². The number of hydrogen-bond acceptors (Lipinski definition) is 3. The summed E-state index contributed by atoms with van der Waals surface area (Å²) in [5.74, 6) is 0.436. The van der Waals surface area contributed by atoms with E-state index in [0.29, 0.717) is 18.8 Å². The molecule has 0 saturated carbocycles. The predicted octanol–water partition coefficient (Wildman–Crippen LogP) is 0.317. The van der Waals surface area contributed by atoms with Gasteiger partial charge in [0.15, 0.2) is 5.03 Å². The average molecular weight is 224 g/mol. The molecule has 5 nitrogen and oxygen atoms in total. The Morgan fingerprint density at radius 2 is 2.38 bits per heavy atom. The van der Waals surface area contributed by atoms with Crippen molar-refractivity contribution >= 4 is 21.6 Å². The Hall–Kier alpha value is -0.590. The van der Waals surface area contributed by atoms with E-state index in [1.807, 2.05) is 0 Å². The summed E-state index contributed by atoms with van der Waals surface area (Å²) in [7, 11) is -3.42. The van der Waals surface area contributed by atoms with Crippen molar-refractivity contribution in [1.82, 2.24) is 14.7 Å². The smallest absolute Gasteiger partial charge is 0.257 e. The minimum Gasteiger partial charge on any atom is -0.335 e. The molecule has 1 rings (SSSR count). The third-order valence-electron chi connectivity index (χ3n) is 1.37. The van der Waals surface area contributed by atoms with Gasteiger partial charge in [-0.25, -0.2) is 18.1 Å². The highest BCUT2D eigenvalue weighted by Gasteiger charge is 2.13. The highest BCUT2D eigenvalue weighted by molar-refractivity contribution is 7.89. The lowest BCUT2D eigenvalue weighted by atomic mass is 10.5. The van der Waals surface area contributed by atoms with Crippen LogP contribution < -0.4 is 4.72 Å². The molecule has 0 aliphatic rings. The molecule has 0 saturated heterocycles. The van der Waals surface area contributed by atoms with Gasteiger partial charge in [0.25, 0.3) is 10.0 Å². The molecule has 0 aromatic carbocycles. The van der Waals surface area contributed by atoms with Crippen molar-refractivity contribution in [3.05, 3.63) is 12.5 Å². The van der Waals surface area contributed by atoms with Crippen LogP contribution in [0.3, 0.4) is 0 Å². The summed E-state index contributed by atoms with van der Waals surface area (Å²) in [6.07, 6.45) is 3.17. The van der Waals surface area contributed by atoms with Gasteiger partial charge in [0.1, 0.15) is 0 Å². The lowest BCUT2D eigenvalue weighted by molar-refractivity contribution is 0.578. The molecule has 1 aromatic rings. The quantitative estimate of drug-likeness (QED) is 0.558. The van der Waals surface area contributed by atoms with Crippen LogP contribution in [0.5, 0.6) is 0 Å². The molecule has 1 heterocycles. The molecule has 13 heavy (non-hydrogen) atoms. The molecular weight excluding hydrogens is 214 g/mol. The molecule has 0 aliphatic carbocycles. The fourth-order valence-electron chi connectivity index (χ4n) is 0.741. The van der Waals surface area contributed by atoms with Crippen LogP contribution in [0.1, 0.15) is 6.42 Å². The van der Waals surface area contributed by atoms with Crippen molar-refractivity contribution < 1.29 is 8.42 Å². The third-order valence-corrected chi connectivity index (χ3v) is 3.02. The van der Waals surface area contributed by atoms with Gasteiger partial charge in [-0.2, -0.15) is 0 Å². The van der Waals surface area contributed by atoms with E-state index in [1.165, 1.54) is 12.5 Å². The largest absolute Gasteiger partial charge is 0.335 e. The molecule has 1 aromatic heterocycles. The summed E-state index contributed by atoms with van der Waals surface area (Å²) < 4.78 is 25.1. The number of alkyl halides is 1. The van der Waals surface area contributed by atoms with Gasteiger partial charge < -0.3 is 4.98 Å². The lowest BCUT2D eigenvalue weighted by Crippen LogP contribution is -2.25. The summed E-state index contributed by atoms with van der Waals surface area (Å²) >= 11 is 5.40. The van der Waals surface area contributed by atoms with E-state index in [9.17, 15) is 8.42 Å². The first-order chi connectivity index (χ1) is 6.17. The van der Waals surface area contributed by atoms with E-state index in [0.717, 1.165) is 0 Å². The molecule has 0 spiro atoms. The Morgan fingerprint density at radius 1 is 1.62 bits per heavy atom. The summed E-state index contributed by atoms with van der Waals surface area (Å²) in [4.78, 5) is 6.13. The van der Waals surface area contributed by atoms with E-state index in [1.54, 1.807) is 0 Å². The van der Waals surface area contributed by atoms with Crippen molar-refractivity contribution in [3.8, 4) is 0 Å². The number of rotatable bonds is 5. The number of nitrogens with one attached hydrogen (secondary N) is 2. The highest BCUT2D eigenvalue weighted by atomic mass is 35.5. The fourth-order valence-corrected chi connectivity index (χ4v) is 1.85. The van der Waals surface area contributed by atoms with Crippen LogP contribution >= 0.6 is 11.6 Å². The van der Waals surface area contributed by atoms with E-state index in [2.05, 4.69) is 14.7 Å². The maximum Gasteiger partial charge on any atom is 0.257 e. The van der Waals surface area contributed by atoms with Gasteiger partial charge >= 0.3 is 0 Å². The van der Waals surface area contributed by atoms with Gasteiger partial charge in [-0.05, 0) is 6.42 Å². The zero-order chi connectivity index (χ0) is 9.73. The second-order valence-electron chi connectivity index (χ2n) is 2.36. The van der Waals surface area contributed by atoms with E-state index < -0.39 is 10.0 Å². The summed E-state index contributed by atoms with van der Waals surface area (Å²) in [5.41, 5.74) is 0. The minimum atomic E-state index is -3.42. The van der Waals surface area contributed by atoms with E-state index >= 15 is 0 Å². The standard InChI is InChI=1S/C6H10ClN3O2S/c7-2-1-3-10-13(11,12)6-4-8-5-9-6/h4-5,10H,1-3H2,(H,8,9). The lowest BCUT2D eigenvalue weighted by Gasteiger charge is -2.01. The van der Waals surface area contributed by atoms with Crippen LogP contribution in [-0.2, 0) is 10.0 Å². The van der Waals surface area contributed by atoms with Crippen LogP contribution in [0.25, 0.3) is 0 Å². The number of hydrogen-bond donors (Lipinski definition) is 2. The number of aromatic nitrogens is 2. The summed E-state index contributed by atoms with van der Waals surface area (Å²) in [6.45, 7) is 0.338. The number of nitrogens with zero attached hydrogens (tertiary/aromatic N) is 1. The van der Waals surface area contributed by atoms with Gasteiger partial charge in [0.2, 0.25) is 0 Å². The molecule has 0 bridgehead atoms. The normalized spacial score (nSPS) is 11.8. The summed E-state index contributed by atoms with van der Waals surface area (Å²) in [6, 6.07) is 0. The fraction of sp³-hybridized carbons (Fsp3) is 0.500. The Bertz CT molecular complexity index is 335. The average Bonchev–Trinajstić information content (AvgIpc) is 2.56. The van der Waals surface area contributed by atoms with Gasteiger partial charge in [0.05, 0.1) is 12.5 Å². The number of H-pyrrole nitrogens is 1. The molecule has 0 amide bonds. The number of imidazole rings is 1.